The first-order valence-corrected chi connectivity index (χ1v) is 9.78. The summed E-state index contributed by atoms with van der Waals surface area (Å²) in [4.78, 5) is 12.0. The van der Waals surface area contributed by atoms with Crippen LogP contribution in [0.1, 0.15) is 17.0 Å². The number of benzene rings is 2. The topological polar surface area (TPSA) is 66.0 Å². The van der Waals surface area contributed by atoms with E-state index in [9.17, 15) is 4.79 Å². The third-order valence-corrected chi connectivity index (χ3v) is 4.69. The van der Waals surface area contributed by atoms with Gasteiger partial charge in [0.25, 0.3) is 0 Å². The Bertz CT molecular complexity index is 762. The summed E-state index contributed by atoms with van der Waals surface area (Å²) in [5, 5.41) is 2.72. The number of carbonyl (C=O) groups is 1. The van der Waals surface area contributed by atoms with Gasteiger partial charge in [0, 0.05) is 12.5 Å². The lowest BCUT2D eigenvalue weighted by Crippen LogP contribution is -2.29. The number of fused-ring (bicyclic) bond motifs is 3. The van der Waals surface area contributed by atoms with Gasteiger partial charge < -0.3 is 24.3 Å². The van der Waals surface area contributed by atoms with Gasteiger partial charge in [-0.05, 0) is 22.3 Å². The number of rotatable bonds is 12. The molecule has 1 aliphatic carbocycles. The lowest BCUT2D eigenvalue weighted by Gasteiger charge is -2.14. The molecule has 0 bridgehead atoms. The Labute approximate surface area is 171 Å². The van der Waals surface area contributed by atoms with Crippen molar-refractivity contribution < 1.29 is 23.7 Å². The van der Waals surface area contributed by atoms with Crippen molar-refractivity contribution in [1.29, 1.82) is 0 Å². The van der Waals surface area contributed by atoms with Crippen molar-refractivity contribution in [2.45, 2.75) is 5.92 Å². The van der Waals surface area contributed by atoms with Gasteiger partial charge in [-0.1, -0.05) is 55.1 Å². The summed E-state index contributed by atoms with van der Waals surface area (Å²) in [6.07, 6.45) is 0.947. The van der Waals surface area contributed by atoms with E-state index >= 15 is 0 Å². The molecular weight excluding hydrogens is 370 g/mol. The largest absolute Gasteiger partial charge is 0.499 e. The summed E-state index contributed by atoms with van der Waals surface area (Å²) in [6, 6.07) is 16.5. The molecule has 6 nitrogen and oxygen atoms in total. The van der Waals surface area contributed by atoms with Crippen LogP contribution in [-0.2, 0) is 18.9 Å². The molecule has 0 aliphatic heterocycles. The molecule has 0 saturated carbocycles. The standard InChI is InChI=1S/C23H27NO5/c1-2-26-13-14-28-16-15-27-12-11-24-23(25)29-17-22-20-9-5-3-7-18(20)19-8-4-6-10-21(19)22/h2-10,22H,1,11-17H2,(H,24,25). The number of ether oxygens (including phenoxy) is 4. The van der Waals surface area contributed by atoms with Crippen molar-refractivity contribution in [3.8, 4) is 11.1 Å². The molecule has 2 aromatic carbocycles. The van der Waals surface area contributed by atoms with E-state index in [0.29, 0.717) is 46.2 Å². The van der Waals surface area contributed by atoms with Crippen molar-refractivity contribution >= 4 is 6.09 Å². The fourth-order valence-corrected chi connectivity index (χ4v) is 3.39. The molecule has 29 heavy (non-hydrogen) atoms. The first kappa shape index (κ1) is 20.9. The molecule has 0 heterocycles. The highest BCUT2D eigenvalue weighted by molar-refractivity contribution is 5.79. The van der Waals surface area contributed by atoms with E-state index in [1.807, 2.05) is 24.3 Å². The Morgan fingerprint density at radius 1 is 0.897 bits per heavy atom. The molecule has 1 aliphatic rings. The second-order valence-electron chi connectivity index (χ2n) is 6.51. The van der Waals surface area contributed by atoms with Crippen LogP contribution in [0, 0.1) is 0 Å². The molecule has 0 spiro atoms. The van der Waals surface area contributed by atoms with Crippen LogP contribution in [0.3, 0.4) is 0 Å². The highest BCUT2D eigenvalue weighted by Gasteiger charge is 2.28. The van der Waals surface area contributed by atoms with Gasteiger partial charge in [0.05, 0.1) is 32.7 Å². The van der Waals surface area contributed by atoms with Gasteiger partial charge >= 0.3 is 6.09 Å². The zero-order chi connectivity index (χ0) is 20.3. The third kappa shape index (κ3) is 5.82. The van der Waals surface area contributed by atoms with Gasteiger partial charge in [0.1, 0.15) is 13.2 Å². The van der Waals surface area contributed by atoms with Crippen LogP contribution in [0.5, 0.6) is 0 Å². The van der Waals surface area contributed by atoms with Crippen LogP contribution in [0.25, 0.3) is 11.1 Å². The van der Waals surface area contributed by atoms with Crippen LogP contribution in [0.2, 0.25) is 0 Å². The molecule has 0 radical (unpaired) electrons. The Hall–Kier alpha value is -2.83. The molecule has 0 saturated heterocycles. The van der Waals surface area contributed by atoms with E-state index in [0.717, 1.165) is 0 Å². The van der Waals surface area contributed by atoms with E-state index in [1.54, 1.807) is 0 Å². The van der Waals surface area contributed by atoms with Crippen LogP contribution < -0.4 is 5.32 Å². The van der Waals surface area contributed by atoms with Gasteiger partial charge in [0.2, 0.25) is 0 Å². The summed E-state index contributed by atoms with van der Waals surface area (Å²) < 4.78 is 21.1. The first-order valence-electron chi connectivity index (χ1n) is 9.78. The van der Waals surface area contributed by atoms with E-state index in [-0.39, 0.29) is 5.92 Å². The van der Waals surface area contributed by atoms with Gasteiger partial charge in [-0.2, -0.15) is 0 Å². The minimum atomic E-state index is -0.437. The molecule has 3 rings (SSSR count). The second-order valence-corrected chi connectivity index (χ2v) is 6.51. The molecule has 0 fully saturated rings. The van der Waals surface area contributed by atoms with Gasteiger partial charge in [-0.25, -0.2) is 4.79 Å². The highest BCUT2D eigenvalue weighted by atomic mass is 16.6. The fraction of sp³-hybridized carbons (Fsp3) is 0.348. The normalized spacial score (nSPS) is 12.1. The zero-order valence-electron chi connectivity index (χ0n) is 16.5. The molecule has 1 amide bonds. The van der Waals surface area contributed by atoms with Crippen LogP contribution in [-0.4, -0.2) is 52.3 Å². The molecule has 0 atom stereocenters. The summed E-state index contributed by atoms with van der Waals surface area (Å²) >= 11 is 0. The number of carbonyl (C=O) groups excluding carboxylic acids is 1. The van der Waals surface area contributed by atoms with Crippen LogP contribution in [0.15, 0.2) is 61.4 Å². The van der Waals surface area contributed by atoms with Crippen molar-refractivity contribution in [1.82, 2.24) is 5.32 Å². The van der Waals surface area contributed by atoms with Crippen molar-refractivity contribution in [3.05, 3.63) is 72.5 Å². The predicted octanol–water partition coefficient (Wildman–Crippen LogP) is 3.72. The van der Waals surface area contributed by atoms with E-state index < -0.39 is 6.09 Å². The lowest BCUT2D eigenvalue weighted by atomic mass is 9.98. The van der Waals surface area contributed by atoms with E-state index in [1.165, 1.54) is 28.5 Å². The second kappa shape index (κ2) is 11.2. The minimum Gasteiger partial charge on any atom is -0.499 e. The maximum atomic E-state index is 12.0. The molecule has 0 unspecified atom stereocenters. The smallest absolute Gasteiger partial charge is 0.407 e. The molecule has 2 aromatic rings. The molecule has 6 heteroatoms. The number of hydrogen-bond donors (Lipinski definition) is 1. The highest BCUT2D eigenvalue weighted by Crippen LogP contribution is 2.44. The quantitative estimate of drug-likeness (QED) is 0.437. The van der Waals surface area contributed by atoms with Crippen molar-refractivity contribution in [3.63, 3.8) is 0 Å². The minimum absolute atomic E-state index is 0.0617. The third-order valence-electron chi connectivity index (χ3n) is 4.69. The summed E-state index contributed by atoms with van der Waals surface area (Å²) in [7, 11) is 0. The summed E-state index contributed by atoms with van der Waals surface area (Å²) in [6.45, 7) is 6.45. The Balaban J connectivity index is 1.34. The van der Waals surface area contributed by atoms with Crippen molar-refractivity contribution in [2.75, 3.05) is 46.2 Å². The maximum absolute atomic E-state index is 12.0. The van der Waals surface area contributed by atoms with Gasteiger partial charge in [-0.15, -0.1) is 0 Å². The average Bonchev–Trinajstić information content (AvgIpc) is 3.07. The predicted molar refractivity (Wildman–Crippen MR) is 111 cm³/mol. The first-order chi connectivity index (χ1) is 14.3. The Morgan fingerprint density at radius 3 is 2.14 bits per heavy atom. The lowest BCUT2D eigenvalue weighted by molar-refractivity contribution is 0.0312. The Morgan fingerprint density at radius 2 is 1.48 bits per heavy atom. The summed E-state index contributed by atoms with van der Waals surface area (Å²) in [5.74, 6) is 0.0617. The van der Waals surface area contributed by atoms with E-state index in [2.05, 4.69) is 36.2 Å². The molecule has 1 N–H and O–H groups in total. The molecular formula is C23H27NO5. The number of amides is 1. The van der Waals surface area contributed by atoms with E-state index in [4.69, 9.17) is 18.9 Å². The number of nitrogens with one attached hydrogen (secondary N) is 1. The molecule has 0 aromatic heterocycles. The van der Waals surface area contributed by atoms with Crippen LogP contribution in [0.4, 0.5) is 4.79 Å². The fourth-order valence-electron chi connectivity index (χ4n) is 3.39. The van der Waals surface area contributed by atoms with Gasteiger partial charge in [-0.3, -0.25) is 0 Å². The zero-order valence-corrected chi connectivity index (χ0v) is 16.5. The summed E-state index contributed by atoms with van der Waals surface area (Å²) in [5.41, 5.74) is 4.82. The van der Waals surface area contributed by atoms with Crippen molar-refractivity contribution in [2.24, 2.45) is 0 Å². The monoisotopic (exact) mass is 397 g/mol. The number of alkyl carbamates (subject to hydrolysis) is 1. The SMILES string of the molecule is C=COCCOCCOCCNC(=O)OCC1c2ccccc2-c2ccccc21. The van der Waals surface area contributed by atoms with Crippen LogP contribution >= 0.6 is 0 Å². The Kier molecular flexibility index (Phi) is 8.10. The van der Waals surface area contributed by atoms with Gasteiger partial charge in [0.15, 0.2) is 0 Å². The molecule has 154 valence electrons. The number of hydrogen-bond acceptors (Lipinski definition) is 5. The average molecular weight is 397 g/mol. The maximum Gasteiger partial charge on any atom is 0.407 e.